The lowest BCUT2D eigenvalue weighted by Gasteiger charge is -2.25. The van der Waals surface area contributed by atoms with Gasteiger partial charge >= 0.3 is 5.69 Å². The number of nitrogens with one attached hydrogen (secondary N) is 1. The van der Waals surface area contributed by atoms with Crippen molar-refractivity contribution < 1.29 is 14.9 Å². The molecule has 1 aliphatic rings. The maximum absolute atomic E-state index is 11.8. The molecule has 0 saturated carbocycles. The van der Waals surface area contributed by atoms with E-state index in [2.05, 4.69) is 5.92 Å². The predicted octanol–water partition coefficient (Wildman–Crippen LogP) is -1.21. The normalized spacial score (nSPS) is 34.6. The zero-order valence-electron chi connectivity index (χ0n) is 10.5. The minimum atomic E-state index is -1.73. The van der Waals surface area contributed by atoms with Gasteiger partial charge in [0.2, 0.25) is 0 Å². The molecule has 5 atom stereocenters. The Hall–Kier alpha value is -1.59. The average Bonchev–Trinajstić information content (AvgIpc) is 2.64. The first-order valence-electron chi connectivity index (χ1n) is 5.81. The average molecular weight is 301 g/mol. The second kappa shape index (κ2) is 5.07. The standard InChI is InChI=1S/C12H13ClN2O5/c1-3-12(13)9(18)8(6(2)16)20-10(12)15-5-4-7(17)14-11(15)19/h1,4-6,8-10,16,18H,2H3,(H,14,17,19)/t6-,8+,9?,10+,12+/m0/s1. The lowest BCUT2D eigenvalue weighted by atomic mass is 9.97. The Morgan fingerprint density at radius 1 is 1.65 bits per heavy atom. The molecule has 1 aromatic heterocycles. The lowest BCUT2D eigenvalue weighted by molar-refractivity contribution is -0.0773. The summed E-state index contributed by atoms with van der Waals surface area (Å²) in [6.07, 6.45) is 1.82. The van der Waals surface area contributed by atoms with Crippen molar-refractivity contribution >= 4 is 11.6 Å². The maximum atomic E-state index is 11.8. The molecule has 1 aromatic rings. The molecular formula is C12H13ClN2O5. The van der Waals surface area contributed by atoms with Crippen LogP contribution in [0.3, 0.4) is 0 Å². The molecule has 20 heavy (non-hydrogen) atoms. The number of aromatic nitrogens is 2. The van der Waals surface area contributed by atoms with Gasteiger partial charge in [-0.25, -0.2) is 4.79 Å². The molecule has 8 heteroatoms. The Bertz CT molecular complexity index is 661. The molecule has 0 spiro atoms. The highest BCUT2D eigenvalue weighted by atomic mass is 35.5. The summed E-state index contributed by atoms with van der Waals surface area (Å²) in [7, 11) is 0. The highest BCUT2D eigenvalue weighted by Gasteiger charge is 2.57. The van der Waals surface area contributed by atoms with Crippen molar-refractivity contribution in [2.75, 3.05) is 0 Å². The van der Waals surface area contributed by atoms with Gasteiger partial charge in [0.25, 0.3) is 5.56 Å². The zero-order chi connectivity index (χ0) is 15.1. The molecule has 0 aliphatic carbocycles. The molecule has 0 bridgehead atoms. The number of terminal acetylenes is 1. The monoisotopic (exact) mass is 300 g/mol. The first-order chi connectivity index (χ1) is 9.31. The van der Waals surface area contributed by atoms with Crippen molar-refractivity contribution in [2.45, 2.75) is 36.3 Å². The van der Waals surface area contributed by atoms with Gasteiger partial charge in [-0.1, -0.05) is 17.5 Å². The Balaban J connectivity index is 2.53. The number of ether oxygens (including phenoxy) is 1. The molecule has 7 nitrogen and oxygen atoms in total. The summed E-state index contributed by atoms with van der Waals surface area (Å²) >= 11 is 6.18. The molecular weight excluding hydrogens is 288 g/mol. The summed E-state index contributed by atoms with van der Waals surface area (Å²) in [4.78, 5) is 23.1. The number of alkyl halides is 1. The number of aliphatic hydroxyl groups is 2. The Kier molecular flexibility index (Phi) is 3.75. The molecule has 108 valence electrons. The highest BCUT2D eigenvalue weighted by Crippen LogP contribution is 2.43. The van der Waals surface area contributed by atoms with Crippen LogP contribution in [0.1, 0.15) is 13.2 Å². The number of hydrogen-bond acceptors (Lipinski definition) is 5. The second-order valence-electron chi connectivity index (χ2n) is 4.57. The first-order valence-corrected chi connectivity index (χ1v) is 6.19. The minimum absolute atomic E-state index is 0.585. The second-order valence-corrected chi connectivity index (χ2v) is 5.19. The lowest BCUT2D eigenvalue weighted by Crippen LogP contribution is -2.45. The largest absolute Gasteiger partial charge is 0.391 e. The van der Waals surface area contributed by atoms with Gasteiger partial charge in [-0.3, -0.25) is 14.3 Å². The minimum Gasteiger partial charge on any atom is -0.391 e. The van der Waals surface area contributed by atoms with Crippen LogP contribution in [0.25, 0.3) is 0 Å². The number of aromatic amines is 1. The summed E-state index contributed by atoms with van der Waals surface area (Å²) in [6.45, 7) is 1.40. The molecule has 2 rings (SSSR count). The zero-order valence-corrected chi connectivity index (χ0v) is 11.2. The van der Waals surface area contributed by atoms with E-state index in [1.807, 2.05) is 4.98 Å². The number of H-pyrrole nitrogens is 1. The molecule has 0 aromatic carbocycles. The summed E-state index contributed by atoms with van der Waals surface area (Å²) in [5.41, 5.74) is -1.36. The fourth-order valence-electron chi connectivity index (χ4n) is 2.12. The molecule has 3 N–H and O–H groups in total. The van der Waals surface area contributed by atoms with Gasteiger partial charge in [0.1, 0.15) is 12.2 Å². The van der Waals surface area contributed by atoms with Crippen molar-refractivity contribution in [1.82, 2.24) is 9.55 Å². The van der Waals surface area contributed by atoms with E-state index in [4.69, 9.17) is 22.8 Å². The number of nitrogens with zero attached hydrogens (tertiary/aromatic N) is 1. The third-order valence-electron chi connectivity index (χ3n) is 3.19. The third kappa shape index (κ3) is 2.17. The number of halogens is 1. The molecule has 0 amide bonds. The summed E-state index contributed by atoms with van der Waals surface area (Å²) in [6, 6.07) is 1.10. The van der Waals surface area contributed by atoms with Crippen molar-refractivity contribution in [3.63, 3.8) is 0 Å². The Labute approximate surface area is 118 Å². The smallest absolute Gasteiger partial charge is 0.330 e. The SMILES string of the molecule is C#C[C@@]1(Cl)C(O)[C@@H]([C@H](C)O)O[C@H]1n1ccc(=O)[nH]c1=O. The fourth-order valence-corrected chi connectivity index (χ4v) is 2.40. The van der Waals surface area contributed by atoms with Crippen LogP contribution >= 0.6 is 11.6 Å². The molecule has 1 unspecified atom stereocenters. The highest BCUT2D eigenvalue weighted by molar-refractivity contribution is 6.27. The van der Waals surface area contributed by atoms with Crippen LogP contribution in [-0.2, 0) is 4.74 Å². The van der Waals surface area contributed by atoms with Gasteiger partial charge in [0.15, 0.2) is 11.1 Å². The first kappa shape index (κ1) is 14.8. The van der Waals surface area contributed by atoms with Gasteiger partial charge in [-0.05, 0) is 6.92 Å². The van der Waals surface area contributed by atoms with Crippen molar-refractivity contribution in [2.24, 2.45) is 0 Å². The van der Waals surface area contributed by atoms with Crippen LogP contribution in [-0.4, -0.2) is 43.0 Å². The Morgan fingerprint density at radius 2 is 2.30 bits per heavy atom. The van der Waals surface area contributed by atoms with Crippen LogP contribution in [0.4, 0.5) is 0 Å². The van der Waals surface area contributed by atoms with Crippen LogP contribution in [0.5, 0.6) is 0 Å². The van der Waals surface area contributed by atoms with Crippen LogP contribution in [0.2, 0.25) is 0 Å². The molecule has 0 radical (unpaired) electrons. The van der Waals surface area contributed by atoms with Crippen molar-refractivity contribution in [3.8, 4) is 12.3 Å². The van der Waals surface area contributed by atoms with Gasteiger partial charge in [0, 0.05) is 12.3 Å². The van der Waals surface area contributed by atoms with Gasteiger partial charge in [0.05, 0.1) is 6.10 Å². The topological polar surface area (TPSA) is 105 Å². The number of hydrogen-bond donors (Lipinski definition) is 3. The van der Waals surface area contributed by atoms with Crippen LogP contribution in [0, 0.1) is 12.3 Å². The van der Waals surface area contributed by atoms with E-state index < -0.39 is 40.7 Å². The quantitative estimate of drug-likeness (QED) is 0.469. The summed E-state index contributed by atoms with van der Waals surface area (Å²) in [5, 5.41) is 19.7. The Morgan fingerprint density at radius 3 is 2.80 bits per heavy atom. The molecule has 1 saturated heterocycles. The summed E-state index contributed by atoms with van der Waals surface area (Å²) in [5.74, 6) is 2.19. The van der Waals surface area contributed by atoms with Crippen molar-refractivity contribution in [3.05, 3.63) is 33.1 Å². The van der Waals surface area contributed by atoms with E-state index in [0.717, 1.165) is 16.8 Å². The number of rotatable bonds is 2. The maximum Gasteiger partial charge on any atom is 0.330 e. The van der Waals surface area contributed by atoms with Crippen LogP contribution < -0.4 is 11.2 Å². The predicted molar refractivity (Wildman–Crippen MR) is 70.3 cm³/mol. The van der Waals surface area contributed by atoms with E-state index in [1.54, 1.807) is 0 Å². The number of aliphatic hydroxyl groups excluding tert-OH is 2. The van der Waals surface area contributed by atoms with E-state index in [9.17, 15) is 19.8 Å². The molecule has 1 fully saturated rings. The van der Waals surface area contributed by atoms with Crippen LogP contribution in [0.15, 0.2) is 21.9 Å². The molecule has 1 aliphatic heterocycles. The van der Waals surface area contributed by atoms with Gasteiger partial charge < -0.3 is 14.9 Å². The van der Waals surface area contributed by atoms with E-state index in [0.29, 0.717) is 0 Å². The summed E-state index contributed by atoms with van der Waals surface area (Å²) < 4.78 is 6.39. The van der Waals surface area contributed by atoms with E-state index >= 15 is 0 Å². The third-order valence-corrected chi connectivity index (χ3v) is 3.71. The fraction of sp³-hybridized carbons (Fsp3) is 0.500. The van der Waals surface area contributed by atoms with Gasteiger partial charge in [-0.15, -0.1) is 6.42 Å². The van der Waals surface area contributed by atoms with E-state index in [1.165, 1.54) is 6.92 Å². The van der Waals surface area contributed by atoms with E-state index in [-0.39, 0.29) is 0 Å². The molecule has 2 heterocycles. The van der Waals surface area contributed by atoms with Crippen molar-refractivity contribution in [1.29, 1.82) is 0 Å². The van der Waals surface area contributed by atoms with Gasteiger partial charge in [-0.2, -0.15) is 0 Å².